The average molecular weight is 330 g/mol. The standard InChI is InChI=1S/C15H21Cl2N3O/c16-13-5-4-11(9-14(13)17)19-15(21)10-20-8-2-1-3-12(20)6-7-18/h4-5,9,12H,1-3,6-8,10,18H2,(H,19,21). The Hall–Kier alpha value is -0.810. The first kappa shape index (κ1) is 16.6. The van der Waals surface area contributed by atoms with Gasteiger partial charge in [-0.15, -0.1) is 0 Å². The van der Waals surface area contributed by atoms with Crippen molar-refractivity contribution in [2.24, 2.45) is 5.73 Å². The fourth-order valence-electron chi connectivity index (χ4n) is 2.75. The molecule has 1 saturated heterocycles. The lowest BCUT2D eigenvalue weighted by Crippen LogP contribution is -2.44. The molecule has 0 bridgehead atoms. The van der Waals surface area contributed by atoms with Gasteiger partial charge in [0.15, 0.2) is 0 Å². The van der Waals surface area contributed by atoms with Gasteiger partial charge >= 0.3 is 0 Å². The lowest BCUT2D eigenvalue weighted by molar-refractivity contribution is -0.118. The van der Waals surface area contributed by atoms with Gasteiger partial charge in [-0.05, 0) is 50.6 Å². The molecule has 3 N–H and O–H groups in total. The smallest absolute Gasteiger partial charge is 0.238 e. The van der Waals surface area contributed by atoms with Gasteiger partial charge in [0.1, 0.15) is 0 Å². The highest BCUT2D eigenvalue weighted by atomic mass is 35.5. The van der Waals surface area contributed by atoms with Crippen molar-refractivity contribution in [3.63, 3.8) is 0 Å². The van der Waals surface area contributed by atoms with E-state index in [0.717, 1.165) is 25.8 Å². The van der Waals surface area contributed by atoms with Gasteiger partial charge in [-0.25, -0.2) is 0 Å². The van der Waals surface area contributed by atoms with Crippen molar-refractivity contribution >= 4 is 34.8 Å². The molecule has 1 fully saturated rings. The predicted octanol–water partition coefficient (Wildman–Crippen LogP) is 3.14. The second-order valence-corrected chi connectivity index (χ2v) is 6.19. The Labute approximate surface area is 135 Å². The first-order valence-electron chi connectivity index (χ1n) is 7.29. The molecule has 1 amide bonds. The molecule has 2 rings (SSSR count). The van der Waals surface area contributed by atoms with E-state index in [4.69, 9.17) is 28.9 Å². The molecule has 6 heteroatoms. The number of rotatable bonds is 5. The van der Waals surface area contributed by atoms with Crippen LogP contribution >= 0.6 is 23.2 Å². The van der Waals surface area contributed by atoms with Crippen molar-refractivity contribution < 1.29 is 4.79 Å². The van der Waals surface area contributed by atoms with Crippen LogP contribution in [0.2, 0.25) is 10.0 Å². The molecule has 1 aliphatic rings. The minimum atomic E-state index is -0.0303. The van der Waals surface area contributed by atoms with Crippen LogP contribution in [0.3, 0.4) is 0 Å². The molecule has 1 heterocycles. The second-order valence-electron chi connectivity index (χ2n) is 5.37. The first-order valence-corrected chi connectivity index (χ1v) is 8.05. The number of halogens is 2. The molecular formula is C15H21Cl2N3O. The third-order valence-corrected chi connectivity index (χ3v) is 4.54. The van der Waals surface area contributed by atoms with Crippen molar-refractivity contribution in [2.45, 2.75) is 31.7 Å². The molecule has 1 unspecified atom stereocenters. The van der Waals surface area contributed by atoms with E-state index < -0.39 is 0 Å². The zero-order valence-electron chi connectivity index (χ0n) is 11.9. The number of nitrogens with zero attached hydrogens (tertiary/aromatic N) is 1. The summed E-state index contributed by atoms with van der Waals surface area (Å²) in [5, 5.41) is 3.78. The number of amides is 1. The van der Waals surface area contributed by atoms with Gasteiger partial charge in [-0.3, -0.25) is 9.69 Å². The summed E-state index contributed by atoms with van der Waals surface area (Å²) >= 11 is 11.8. The Morgan fingerprint density at radius 1 is 1.33 bits per heavy atom. The van der Waals surface area contributed by atoms with E-state index in [0.29, 0.717) is 34.9 Å². The summed E-state index contributed by atoms with van der Waals surface area (Å²) in [5.41, 5.74) is 6.32. The van der Waals surface area contributed by atoms with Gasteiger partial charge in [0.05, 0.1) is 16.6 Å². The van der Waals surface area contributed by atoms with Crippen LogP contribution in [0.25, 0.3) is 0 Å². The molecule has 1 aromatic carbocycles. The predicted molar refractivity (Wildman–Crippen MR) is 88.0 cm³/mol. The molecule has 21 heavy (non-hydrogen) atoms. The second kappa shape index (κ2) is 7.99. The van der Waals surface area contributed by atoms with E-state index in [2.05, 4.69) is 10.2 Å². The monoisotopic (exact) mass is 329 g/mol. The largest absolute Gasteiger partial charge is 0.330 e. The van der Waals surface area contributed by atoms with Crippen molar-refractivity contribution in [3.8, 4) is 0 Å². The molecule has 1 atom stereocenters. The molecule has 0 spiro atoms. The Morgan fingerprint density at radius 2 is 2.14 bits per heavy atom. The lowest BCUT2D eigenvalue weighted by Gasteiger charge is -2.35. The van der Waals surface area contributed by atoms with E-state index in [1.54, 1.807) is 18.2 Å². The highest BCUT2D eigenvalue weighted by Gasteiger charge is 2.23. The maximum Gasteiger partial charge on any atom is 0.238 e. The number of benzene rings is 1. The number of piperidine rings is 1. The van der Waals surface area contributed by atoms with Crippen molar-refractivity contribution in [3.05, 3.63) is 28.2 Å². The highest BCUT2D eigenvalue weighted by Crippen LogP contribution is 2.25. The van der Waals surface area contributed by atoms with Crippen molar-refractivity contribution in [1.29, 1.82) is 0 Å². The van der Waals surface area contributed by atoms with Crippen LogP contribution in [0.1, 0.15) is 25.7 Å². The highest BCUT2D eigenvalue weighted by molar-refractivity contribution is 6.42. The Balaban J connectivity index is 1.92. The number of likely N-dealkylation sites (tertiary alicyclic amines) is 1. The van der Waals surface area contributed by atoms with E-state index in [-0.39, 0.29) is 5.91 Å². The molecule has 1 aromatic rings. The van der Waals surface area contributed by atoms with Crippen molar-refractivity contribution in [2.75, 3.05) is 25.0 Å². The first-order chi connectivity index (χ1) is 10.1. The minimum Gasteiger partial charge on any atom is -0.330 e. The van der Waals surface area contributed by atoms with E-state index in [9.17, 15) is 4.79 Å². The zero-order chi connectivity index (χ0) is 15.2. The Morgan fingerprint density at radius 3 is 2.86 bits per heavy atom. The number of carbonyl (C=O) groups is 1. The normalized spacial score (nSPS) is 19.5. The lowest BCUT2D eigenvalue weighted by atomic mass is 9.99. The van der Waals surface area contributed by atoms with Crippen LogP contribution in [0, 0.1) is 0 Å². The van der Waals surface area contributed by atoms with Gasteiger partial charge in [0.25, 0.3) is 0 Å². The van der Waals surface area contributed by atoms with Crippen LogP contribution in [0.15, 0.2) is 18.2 Å². The van der Waals surface area contributed by atoms with Gasteiger partial charge in [0.2, 0.25) is 5.91 Å². The average Bonchev–Trinajstić information content (AvgIpc) is 2.45. The molecule has 4 nitrogen and oxygen atoms in total. The summed E-state index contributed by atoms with van der Waals surface area (Å²) in [6.07, 6.45) is 4.42. The number of hydrogen-bond acceptors (Lipinski definition) is 3. The summed E-state index contributed by atoms with van der Waals surface area (Å²) in [6.45, 7) is 2.01. The van der Waals surface area contributed by atoms with Crippen LogP contribution < -0.4 is 11.1 Å². The van der Waals surface area contributed by atoms with Gasteiger partial charge < -0.3 is 11.1 Å². The van der Waals surface area contributed by atoms with Crippen LogP contribution in [0.4, 0.5) is 5.69 Å². The Kier molecular flexibility index (Phi) is 6.30. The molecule has 0 aliphatic carbocycles. The minimum absolute atomic E-state index is 0.0303. The third kappa shape index (κ3) is 4.85. The van der Waals surface area contributed by atoms with E-state index in [1.807, 2.05) is 0 Å². The topological polar surface area (TPSA) is 58.4 Å². The fraction of sp³-hybridized carbons (Fsp3) is 0.533. The van der Waals surface area contributed by atoms with E-state index >= 15 is 0 Å². The molecule has 1 aliphatic heterocycles. The summed E-state index contributed by atoms with van der Waals surface area (Å²) in [4.78, 5) is 14.4. The van der Waals surface area contributed by atoms with Gasteiger partial charge in [-0.2, -0.15) is 0 Å². The quantitative estimate of drug-likeness (QED) is 0.872. The summed E-state index contributed by atoms with van der Waals surface area (Å²) < 4.78 is 0. The number of carbonyl (C=O) groups excluding carboxylic acids is 1. The zero-order valence-corrected chi connectivity index (χ0v) is 13.5. The number of hydrogen-bond donors (Lipinski definition) is 2. The van der Waals surface area contributed by atoms with Crippen LogP contribution in [-0.2, 0) is 4.79 Å². The van der Waals surface area contributed by atoms with Crippen LogP contribution in [-0.4, -0.2) is 36.5 Å². The fourth-order valence-corrected chi connectivity index (χ4v) is 3.04. The summed E-state index contributed by atoms with van der Waals surface area (Å²) in [6, 6.07) is 5.51. The Bertz CT molecular complexity index is 494. The maximum absolute atomic E-state index is 12.2. The van der Waals surface area contributed by atoms with Crippen molar-refractivity contribution in [1.82, 2.24) is 4.90 Å². The van der Waals surface area contributed by atoms with E-state index in [1.165, 1.54) is 6.42 Å². The molecule has 0 radical (unpaired) electrons. The number of nitrogens with one attached hydrogen (secondary N) is 1. The third-order valence-electron chi connectivity index (χ3n) is 3.80. The molecule has 0 saturated carbocycles. The van der Waals surface area contributed by atoms with Crippen LogP contribution in [0.5, 0.6) is 0 Å². The maximum atomic E-state index is 12.2. The molecular weight excluding hydrogens is 309 g/mol. The summed E-state index contributed by atoms with van der Waals surface area (Å²) in [7, 11) is 0. The summed E-state index contributed by atoms with van der Waals surface area (Å²) in [5.74, 6) is -0.0303. The number of nitrogens with two attached hydrogens (primary N) is 1. The molecule has 116 valence electrons. The van der Waals surface area contributed by atoms with Gasteiger partial charge in [-0.1, -0.05) is 29.6 Å². The SMILES string of the molecule is NCCC1CCCCN1CC(=O)Nc1ccc(Cl)c(Cl)c1. The number of anilines is 1. The molecule has 0 aromatic heterocycles. The van der Waals surface area contributed by atoms with Gasteiger partial charge in [0, 0.05) is 11.7 Å².